The van der Waals surface area contributed by atoms with Gasteiger partial charge >= 0.3 is 5.00 Å². The van der Waals surface area contributed by atoms with E-state index < -0.39 is 4.92 Å². The van der Waals surface area contributed by atoms with Crippen LogP contribution < -0.4 is 0 Å². The number of rotatable bonds is 4. The minimum absolute atomic E-state index is 0.00890. The molecule has 0 aliphatic rings. The van der Waals surface area contributed by atoms with E-state index in [4.69, 9.17) is 0 Å². The molecular formula is C8H3BrN6O2S3. The van der Waals surface area contributed by atoms with Crippen LogP contribution in [0.25, 0.3) is 5.00 Å². The van der Waals surface area contributed by atoms with Gasteiger partial charge in [-0.25, -0.2) is 4.98 Å². The van der Waals surface area contributed by atoms with E-state index in [1.807, 2.05) is 12.1 Å². The zero-order chi connectivity index (χ0) is 14.1. The summed E-state index contributed by atoms with van der Waals surface area (Å²) in [6, 6.07) is 3.77. The van der Waals surface area contributed by atoms with Crippen molar-refractivity contribution < 1.29 is 4.92 Å². The van der Waals surface area contributed by atoms with Crippen LogP contribution in [0.3, 0.4) is 0 Å². The van der Waals surface area contributed by atoms with Crippen molar-refractivity contribution in [2.45, 2.75) is 9.50 Å². The van der Waals surface area contributed by atoms with Crippen molar-refractivity contribution in [1.82, 2.24) is 25.2 Å². The molecule has 3 rings (SSSR count). The van der Waals surface area contributed by atoms with Gasteiger partial charge in [-0.15, -0.1) is 16.4 Å². The number of thiazole rings is 1. The number of hydrogen-bond acceptors (Lipinski definition) is 9. The minimum Gasteiger partial charge on any atom is -0.257 e. The maximum atomic E-state index is 10.6. The predicted molar refractivity (Wildman–Crippen MR) is 77.6 cm³/mol. The maximum Gasteiger partial charge on any atom is 0.344 e. The van der Waals surface area contributed by atoms with Crippen molar-refractivity contribution >= 4 is 55.4 Å². The summed E-state index contributed by atoms with van der Waals surface area (Å²) in [5.74, 6) is 0. The fourth-order valence-corrected chi connectivity index (χ4v) is 4.30. The summed E-state index contributed by atoms with van der Waals surface area (Å²) in [6.07, 6.45) is 1.23. The van der Waals surface area contributed by atoms with Gasteiger partial charge in [0.2, 0.25) is 5.16 Å². The van der Waals surface area contributed by atoms with Gasteiger partial charge in [0, 0.05) is 0 Å². The molecule has 0 aliphatic carbocycles. The highest BCUT2D eigenvalue weighted by Crippen LogP contribution is 2.34. The van der Waals surface area contributed by atoms with Gasteiger partial charge in [-0.1, -0.05) is 0 Å². The highest BCUT2D eigenvalue weighted by molar-refractivity contribution is 9.11. The molecule has 0 saturated carbocycles. The van der Waals surface area contributed by atoms with E-state index in [-0.39, 0.29) is 5.00 Å². The van der Waals surface area contributed by atoms with Gasteiger partial charge < -0.3 is 0 Å². The number of tetrazole rings is 1. The topological polar surface area (TPSA) is 99.6 Å². The molecule has 0 saturated heterocycles. The summed E-state index contributed by atoms with van der Waals surface area (Å²) < 4.78 is 3.04. The van der Waals surface area contributed by atoms with Gasteiger partial charge in [0.25, 0.3) is 0 Å². The Morgan fingerprint density at radius 2 is 2.25 bits per heavy atom. The number of nitro groups is 1. The van der Waals surface area contributed by atoms with Crippen LogP contribution in [0.15, 0.2) is 31.6 Å². The normalized spacial score (nSPS) is 10.8. The lowest BCUT2D eigenvalue weighted by Crippen LogP contribution is -1.95. The Balaban J connectivity index is 1.88. The lowest BCUT2D eigenvalue weighted by Gasteiger charge is -1.97. The first kappa shape index (κ1) is 13.6. The van der Waals surface area contributed by atoms with E-state index in [1.165, 1.54) is 29.3 Å². The van der Waals surface area contributed by atoms with Crippen LogP contribution in [0.2, 0.25) is 0 Å². The zero-order valence-corrected chi connectivity index (χ0v) is 13.4. The Labute approximate surface area is 132 Å². The molecule has 8 nitrogen and oxygen atoms in total. The molecule has 3 heterocycles. The first-order valence-corrected chi connectivity index (χ1v) is 8.20. The summed E-state index contributed by atoms with van der Waals surface area (Å²) in [7, 11) is 0. The fraction of sp³-hybridized carbons (Fsp3) is 0. The predicted octanol–water partition coefficient (Wildman–Crippen LogP) is 3.00. The van der Waals surface area contributed by atoms with Crippen LogP contribution >= 0.6 is 50.4 Å². The second-order valence-corrected chi connectivity index (χ2v) is 7.94. The van der Waals surface area contributed by atoms with E-state index in [2.05, 4.69) is 36.4 Å². The standard InChI is InChI=1S/C8H3BrN6O2S3/c9-4-1-2-5(18-4)14-7(11-12-13-14)20-8-10-3-6(19-8)15(16)17/h1-3H. The van der Waals surface area contributed by atoms with Crippen LogP contribution in [0.5, 0.6) is 0 Å². The Morgan fingerprint density at radius 3 is 2.90 bits per heavy atom. The third kappa shape index (κ3) is 2.72. The van der Waals surface area contributed by atoms with Crippen LogP contribution in [-0.2, 0) is 0 Å². The highest BCUT2D eigenvalue weighted by atomic mass is 79.9. The van der Waals surface area contributed by atoms with Gasteiger partial charge in [0.1, 0.15) is 11.2 Å². The third-order valence-corrected chi connectivity index (χ3v) is 5.60. The number of thiophene rings is 1. The SMILES string of the molecule is O=[N+]([O-])c1cnc(Sc2nnnn2-c2ccc(Br)s2)s1. The number of halogens is 1. The van der Waals surface area contributed by atoms with Crippen molar-refractivity contribution in [3.63, 3.8) is 0 Å². The van der Waals surface area contributed by atoms with Crippen LogP contribution in [0, 0.1) is 10.1 Å². The fourth-order valence-electron chi connectivity index (χ4n) is 1.26. The molecule has 20 heavy (non-hydrogen) atoms. The van der Waals surface area contributed by atoms with E-state index in [1.54, 1.807) is 4.68 Å². The molecule has 0 aromatic carbocycles. The minimum atomic E-state index is -0.471. The monoisotopic (exact) mass is 390 g/mol. The molecule has 3 aromatic heterocycles. The lowest BCUT2D eigenvalue weighted by atomic mass is 10.6. The molecule has 0 atom stereocenters. The van der Waals surface area contributed by atoms with E-state index in [9.17, 15) is 10.1 Å². The summed E-state index contributed by atoms with van der Waals surface area (Å²) in [5.41, 5.74) is 0. The molecule has 0 aliphatic heterocycles. The summed E-state index contributed by atoms with van der Waals surface area (Å²) in [5, 5.41) is 23.4. The van der Waals surface area contributed by atoms with Crippen molar-refractivity contribution in [3.05, 3.63) is 32.2 Å². The Hall–Kier alpha value is -1.37. The summed E-state index contributed by atoms with van der Waals surface area (Å²) in [4.78, 5) is 14.1. The molecule has 0 radical (unpaired) electrons. The third-order valence-electron chi connectivity index (χ3n) is 2.04. The van der Waals surface area contributed by atoms with Crippen LogP contribution in [0.4, 0.5) is 5.00 Å². The number of nitrogens with zero attached hydrogens (tertiary/aromatic N) is 6. The maximum absolute atomic E-state index is 10.6. The molecule has 12 heteroatoms. The molecule has 3 aromatic rings. The lowest BCUT2D eigenvalue weighted by molar-refractivity contribution is -0.380. The van der Waals surface area contributed by atoms with Crippen molar-refractivity contribution in [2.24, 2.45) is 0 Å². The van der Waals surface area contributed by atoms with Gasteiger partial charge in [0.05, 0.1) is 8.71 Å². The first-order valence-electron chi connectivity index (χ1n) is 4.95. The largest absolute Gasteiger partial charge is 0.344 e. The van der Waals surface area contributed by atoms with Crippen molar-refractivity contribution in [1.29, 1.82) is 0 Å². The summed E-state index contributed by atoms with van der Waals surface area (Å²) >= 11 is 7.02. The molecule has 0 unspecified atom stereocenters. The molecule has 0 fully saturated rings. The molecular weight excluding hydrogens is 388 g/mol. The van der Waals surface area contributed by atoms with E-state index in [0.29, 0.717) is 9.50 Å². The second kappa shape index (κ2) is 5.55. The van der Waals surface area contributed by atoms with E-state index in [0.717, 1.165) is 20.1 Å². The van der Waals surface area contributed by atoms with Crippen LogP contribution in [0.1, 0.15) is 0 Å². The molecule has 0 bridgehead atoms. The Kier molecular flexibility index (Phi) is 3.78. The highest BCUT2D eigenvalue weighted by Gasteiger charge is 2.17. The Bertz CT molecular complexity index is 768. The number of aromatic nitrogens is 5. The quantitative estimate of drug-likeness (QED) is 0.498. The smallest absolute Gasteiger partial charge is 0.257 e. The summed E-state index contributed by atoms with van der Waals surface area (Å²) in [6.45, 7) is 0. The average Bonchev–Trinajstić information content (AvgIpc) is 3.09. The first-order chi connectivity index (χ1) is 9.63. The van der Waals surface area contributed by atoms with E-state index >= 15 is 0 Å². The van der Waals surface area contributed by atoms with Crippen LogP contribution in [-0.4, -0.2) is 30.1 Å². The molecule has 102 valence electrons. The van der Waals surface area contributed by atoms with Crippen molar-refractivity contribution in [2.75, 3.05) is 0 Å². The number of hydrogen-bond donors (Lipinski definition) is 0. The zero-order valence-electron chi connectivity index (χ0n) is 9.33. The van der Waals surface area contributed by atoms with Gasteiger partial charge in [-0.3, -0.25) is 10.1 Å². The second-order valence-electron chi connectivity index (χ2n) is 3.27. The van der Waals surface area contributed by atoms with Crippen molar-refractivity contribution in [3.8, 4) is 5.00 Å². The molecule has 0 N–H and O–H groups in total. The average molecular weight is 391 g/mol. The molecule has 0 amide bonds. The van der Waals surface area contributed by atoms with Gasteiger partial charge in [-0.05, 0) is 61.6 Å². The van der Waals surface area contributed by atoms with Gasteiger partial charge in [0.15, 0.2) is 4.34 Å². The molecule has 0 spiro atoms. The van der Waals surface area contributed by atoms with Gasteiger partial charge in [-0.2, -0.15) is 4.68 Å². The Morgan fingerprint density at radius 1 is 1.40 bits per heavy atom.